The Balaban J connectivity index is 2.25. The molecule has 0 unspecified atom stereocenters. The van der Waals surface area contributed by atoms with Gasteiger partial charge in [-0.25, -0.2) is 9.48 Å². The number of rotatable bonds is 6. The number of ether oxygens (including phenoxy) is 2. The summed E-state index contributed by atoms with van der Waals surface area (Å²) in [4.78, 5) is 11.6. The number of anilines is 1. The lowest BCUT2D eigenvalue weighted by molar-refractivity contribution is 0.0526. The van der Waals surface area contributed by atoms with Crippen LogP contribution in [0.2, 0.25) is 0 Å². The van der Waals surface area contributed by atoms with Gasteiger partial charge in [-0.15, -0.1) is 0 Å². The lowest BCUT2D eigenvalue weighted by Gasteiger charge is -2.08. The molecule has 0 spiro atoms. The summed E-state index contributed by atoms with van der Waals surface area (Å²) in [5.41, 5.74) is 7.58. The van der Waals surface area contributed by atoms with Crippen molar-refractivity contribution >= 4 is 11.7 Å². The summed E-state index contributed by atoms with van der Waals surface area (Å²) in [6.07, 6.45) is 3.99. The van der Waals surface area contributed by atoms with E-state index in [0.29, 0.717) is 30.2 Å². The van der Waals surface area contributed by atoms with E-state index in [-0.39, 0.29) is 0 Å². The Morgan fingerprint density at radius 3 is 2.86 bits per heavy atom. The molecule has 21 heavy (non-hydrogen) atoms. The average Bonchev–Trinajstić information content (AvgIpc) is 2.95. The number of hydrogen-bond donors (Lipinski definition) is 1. The van der Waals surface area contributed by atoms with Crippen molar-refractivity contribution in [3.8, 4) is 11.4 Å². The van der Waals surface area contributed by atoms with Gasteiger partial charge in [-0.05, 0) is 19.4 Å². The van der Waals surface area contributed by atoms with Gasteiger partial charge < -0.3 is 15.2 Å². The van der Waals surface area contributed by atoms with Crippen molar-refractivity contribution in [3.63, 3.8) is 0 Å². The van der Waals surface area contributed by atoms with Gasteiger partial charge in [-0.3, -0.25) is 0 Å². The minimum Gasteiger partial charge on any atom is -0.493 e. The van der Waals surface area contributed by atoms with E-state index in [2.05, 4.69) is 5.10 Å². The van der Waals surface area contributed by atoms with Gasteiger partial charge in [0, 0.05) is 24.0 Å². The minimum atomic E-state index is -0.393. The molecule has 0 saturated heterocycles. The van der Waals surface area contributed by atoms with Crippen LogP contribution in [-0.2, 0) is 4.74 Å². The molecule has 6 nitrogen and oxygen atoms in total. The summed E-state index contributed by atoms with van der Waals surface area (Å²) in [5, 5.41) is 4.16. The Bertz CT molecular complexity index is 622. The van der Waals surface area contributed by atoms with E-state index in [1.165, 1.54) is 6.20 Å². The summed E-state index contributed by atoms with van der Waals surface area (Å²) in [6.45, 7) is 4.75. The molecule has 0 aliphatic rings. The van der Waals surface area contributed by atoms with Crippen LogP contribution in [0, 0.1) is 0 Å². The van der Waals surface area contributed by atoms with Gasteiger partial charge in [0.15, 0.2) is 0 Å². The molecule has 0 saturated carbocycles. The molecule has 0 atom stereocenters. The molecule has 1 heterocycles. The number of esters is 1. The third-order valence-corrected chi connectivity index (χ3v) is 2.74. The van der Waals surface area contributed by atoms with Crippen LogP contribution in [0.5, 0.6) is 5.75 Å². The quantitative estimate of drug-likeness (QED) is 0.652. The number of nitrogens with zero attached hydrogens (tertiary/aromatic N) is 2. The molecule has 0 bridgehead atoms. The molecule has 0 radical (unpaired) electrons. The number of nitrogen functional groups attached to an aromatic ring is 1. The zero-order chi connectivity index (χ0) is 15.2. The second-order valence-corrected chi connectivity index (χ2v) is 4.50. The second kappa shape index (κ2) is 6.78. The summed E-state index contributed by atoms with van der Waals surface area (Å²) >= 11 is 0. The standard InChI is InChI=1S/C15H19N3O3/c1-3-5-21-14-7-12(16)6-13(8-14)18-10-11(9-17-18)15(19)20-4-2/h6-10H,3-5,16H2,1-2H3. The maximum Gasteiger partial charge on any atom is 0.341 e. The highest BCUT2D eigenvalue weighted by Crippen LogP contribution is 2.22. The van der Waals surface area contributed by atoms with Crippen LogP contribution in [0.4, 0.5) is 5.69 Å². The van der Waals surface area contributed by atoms with Gasteiger partial charge in [-0.1, -0.05) is 6.92 Å². The molecule has 1 aromatic heterocycles. The molecule has 0 amide bonds. The fraction of sp³-hybridized carbons (Fsp3) is 0.333. The van der Waals surface area contributed by atoms with Crippen molar-refractivity contribution in [1.82, 2.24) is 9.78 Å². The molecule has 2 aromatic rings. The third-order valence-electron chi connectivity index (χ3n) is 2.74. The number of benzene rings is 1. The Labute approximate surface area is 123 Å². The van der Waals surface area contributed by atoms with Crippen molar-refractivity contribution < 1.29 is 14.3 Å². The van der Waals surface area contributed by atoms with Gasteiger partial charge in [0.25, 0.3) is 0 Å². The molecule has 1 aromatic carbocycles. The van der Waals surface area contributed by atoms with Crippen LogP contribution in [-0.4, -0.2) is 29.0 Å². The largest absolute Gasteiger partial charge is 0.493 e. The SMILES string of the molecule is CCCOc1cc(N)cc(-n2cc(C(=O)OCC)cn2)c1. The van der Waals surface area contributed by atoms with Gasteiger partial charge in [-0.2, -0.15) is 5.10 Å². The molecule has 2 N–H and O–H groups in total. The lowest BCUT2D eigenvalue weighted by Crippen LogP contribution is -2.03. The molecule has 6 heteroatoms. The average molecular weight is 289 g/mol. The molecule has 112 valence electrons. The van der Waals surface area contributed by atoms with Gasteiger partial charge in [0.2, 0.25) is 0 Å². The highest BCUT2D eigenvalue weighted by molar-refractivity contribution is 5.88. The molecule has 0 aliphatic heterocycles. The zero-order valence-electron chi connectivity index (χ0n) is 12.2. The number of aromatic nitrogens is 2. The van der Waals surface area contributed by atoms with Crippen molar-refractivity contribution in [1.29, 1.82) is 0 Å². The van der Waals surface area contributed by atoms with E-state index in [4.69, 9.17) is 15.2 Å². The number of carbonyl (C=O) groups excluding carboxylic acids is 1. The van der Waals surface area contributed by atoms with Crippen LogP contribution in [0.1, 0.15) is 30.6 Å². The normalized spacial score (nSPS) is 10.4. The number of nitrogens with two attached hydrogens (primary N) is 1. The minimum absolute atomic E-state index is 0.331. The zero-order valence-corrected chi connectivity index (χ0v) is 12.2. The van der Waals surface area contributed by atoms with E-state index >= 15 is 0 Å². The fourth-order valence-electron chi connectivity index (χ4n) is 1.83. The highest BCUT2D eigenvalue weighted by atomic mass is 16.5. The molecule has 2 rings (SSSR count). The summed E-state index contributed by atoms with van der Waals surface area (Å²) < 4.78 is 12.1. The van der Waals surface area contributed by atoms with E-state index in [9.17, 15) is 4.79 Å². The number of carbonyl (C=O) groups is 1. The summed E-state index contributed by atoms with van der Waals surface area (Å²) in [5.74, 6) is 0.287. The predicted molar refractivity (Wildman–Crippen MR) is 79.7 cm³/mol. The van der Waals surface area contributed by atoms with Gasteiger partial charge in [0.1, 0.15) is 5.75 Å². The fourth-order valence-corrected chi connectivity index (χ4v) is 1.83. The maximum atomic E-state index is 11.6. The Morgan fingerprint density at radius 1 is 1.33 bits per heavy atom. The van der Waals surface area contributed by atoms with Crippen LogP contribution in [0.15, 0.2) is 30.6 Å². The van der Waals surface area contributed by atoms with Gasteiger partial charge in [0.05, 0.1) is 30.7 Å². The van der Waals surface area contributed by atoms with E-state index in [0.717, 1.165) is 12.1 Å². The smallest absolute Gasteiger partial charge is 0.341 e. The molecular formula is C15H19N3O3. The van der Waals surface area contributed by atoms with Crippen molar-refractivity contribution in [2.75, 3.05) is 18.9 Å². The third kappa shape index (κ3) is 3.75. The predicted octanol–water partition coefficient (Wildman–Crippen LogP) is 2.42. The first kappa shape index (κ1) is 14.9. The Morgan fingerprint density at radius 2 is 2.14 bits per heavy atom. The molecule has 0 aliphatic carbocycles. The van der Waals surface area contributed by atoms with Crippen molar-refractivity contribution in [2.45, 2.75) is 20.3 Å². The summed E-state index contributed by atoms with van der Waals surface area (Å²) in [7, 11) is 0. The highest BCUT2D eigenvalue weighted by Gasteiger charge is 2.11. The van der Waals surface area contributed by atoms with E-state index in [1.54, 1.807) is 29.9 Å². The topological polar surface area (TPSA) is 79.4 Å². The first-order valence-electron chi connectivity index (χ1n) is 6.89. The van der Waals surface area contributed by atoms with Crippen LogP contribution >= 0.6 is 0 Å². The van der Waals surface area contributed by atoms with E-state index in [1.807, 2.05) is 13.0 Å². The van der Waals surface area contributed by atoms with Crippen molar-refractivity contribution in [3.05, 3.63) is 36.2 Å². The van der Waals surface area contributed by atoms with Gasteiger partial charge >= 0.3 is 5.97 Å². The van der Waals surface area contributed by atoms with Crippen LogP contribution in [0.25, 0.3) is 5.69 Å². The van der Waals surface area contributed by atoms with E-state index < -0.39 is 5.97 Å². The summed E-state index contributed by atoms with van der Waals surface area (Å²) in [6, 6.07) is 5.35. The van der Waals surface area contributed by atoms with Crippen LogP contribution in [0.3, 0.4) is 0 Å². The Kier molecular flexibility index (Phi) is 4.81. The van der Waals surface area contributed by atoms with Crippen LogP contribution < -0.4 is 10.5 Å². The molecule has 0 fully saturated rings. The first-order valence-corrected chi connectivity index (χ1v) is 6.89. The number of hydrogen-bond acceptors (Lipinski definition) is 5. The second-order valence-electron chi connectivity index (χ2n) is 4.50. The maximum absolute atomic E-state index is 11.6. The lowest BCUT2D eigenvalue weighted by atomic mass is 10.2. The first-order chi connectivity index (χ1) is 10.1. The van der Waals surface area contributed by atoms with Crippen molar-refractivity contribution in [2.24, 2.45) is 0 Å². The molecular weight excluding hydrogens is 270 g/mol. The Hall–Kier alpha value is -2.50. The monoisotopic (exact) mass is 289 g/mol.